The number of nitrogens with two attached hydrogens (primary N) is 1. The van der Waals surface area contributed by atoms with Crippen molar-refractivity contribution in [3.05, 3.63) is 75.8 Å². The summed E-state index contributed by atoms with van der Waals surface area (Å²) in [5.41, 5.74) is 10.0. The molecule has 0 spiro atoms. The predicted octanol–water partition coefficient (Wildman–Crippen LogP) is 3.76. The van der Waals surface area contributed by atoms with Crippen LogP contribution in [0.3, 0.4) is 0 Å². The first kappa shape index (κ1) is 26.8. The van der Waals surface area contributed by atoms with Gasteiger partial charge in [0.05, 0.1) is 5.69 Å². The molecule has 6 N–H and O–H groups in total. The minimum atomic E-state index is -0.139. The first-order chi connectivity index (χ1) is 15.8. The molecule has 0 aliphatic carbocycles. The fraction of sp³-hybridized carbons (Fsp3) is 0.250. The summed E-state index contributed by atoms with van der Waals surface area (Å²) in [4.78, 5) is 29.0. The van der Waals surface area contributed by atoms with E-state index in [1.54, 1.807) is 7.05 Å². The van der Waals surface area contributed by atoms with Crippen molar-refractivity contribution in [3.63, 3.8) is 0 Å². The number of carbonyl (C=O) groups is 2. The van der Waals surface area contributed by atoms with E-state index < -0.39 is 0 Å². The Balaban J connectivity index is 0.00000408. The molecule has 0 bridgehead atoms. The molecule has 0 fully saturated rings. The zero-order valence-corrected chi connectivity index (χ0v) is 20.7. The van der Waals surface area contributed by atoms with Crippen molar-refractivity contribution < 1.29 is 9.59 Å². The number of hydrogen-bond donors (Lipinski definition) is 5. The smallest absolute Gasteiger partial charge is 0.251 e. The first-order valence-corrected chi connectivity index (χ1v) is 11.4. The molecule has 10 heteroatoms. The third-order valence-electron chi connectivity index (χ3n) is 5.03. The molecular weight excluding hydrogens is 472 g/mol. The quantitative estimate of drug-likeness (QED) is 0.225. The predicted molar refractivity (Wildman–Crippen MR) is 140 cm³/mol. The molecule has 0 saturated carbocycles. The summed E-state index contributed by atoms with van der Waals surface area (Å²) in [7, 11) is 1.62. The molecule has 34 heavy (non-hydrogen) atoms. The Morgan fingerprint density at radius 2 is 1.53 bits per heavy atom. The number of amides is 2. The van der Waals surface area contributed by atoms with Crippen LogP contribution in [0.1, 0.15) is 39.0 Å². The standard InChI is InChI=1S/C24H28N6O2S.ClH/c1-15(31)28-24-30-20(13-7-17-5-11-19(12-6-17)29-23(25)26)21(33-24)14-8-16-3-9-18(10-4-16)22(32)27-2;/h3-6,9-12H,7-8,13-14H2,1-2H3,(H,27,32)(H4,25,26,29)(H,28,30,31);1H. The average Bonchev–Trinajstić information content (AvgIpc) is 3.17. The Morgan fingerprint density at radius 3 is 2.09 bits per heavy atom. The fourth-order valence-electron chi connectivity index (χ4n) is 3.38. The molecule has 0 saturated heterocycles. The number of nitrogens with zero attached hydrogens (tertiary/aromatic N) is 1. The highest BCUT2D eigenvalue weighted by atomic mass is 35.5. The van der Waals surface area contributed by atoms with E-state index in [1.165, 1.54) is 18.3 Å². The van der Waals surface area contributed by atoms with Crippen LogP contribution >= 0.6 is 23.7 Å². The summed E-state index contributed by atoms with van der Waals surface area (Å²) < 4.78 is 0. The number of carbonyl (C=O) groups excluding carboxylic acids is 2. The van der Waals surface area contributed by atoms with E-state index in [0.29, 0.717) is 10.7 Å². The Morgan fingerprint density at radius 1 is 0.941 bits per heavy atom. The lowest BCUT2D eigenvalue weighted by atomic mass is 10.0. The normalized spacial score (nSPS) is 10.2. The van der Waals surface area contributed by atoms with Crippen LogP contribution in [0.25, 0.3) is 0 Å². The molecule has 180 valence electrons. The molecule has 0 radical (unpaired) electrons. The van der Waals surface area contributed by atoms with Crippen molar-refractivity contribution in [1.82, 2.24) is 10.3 Å². The molecule has 3 aromatic rings. The first-order valence-electron chi connectivity index (χ1n) is 10.6. The fourth-order valence-corrected chi connectivity index (χ4v) is 4.43. The maximum atomic E-state index is 11.7. The largest absolute Gasteiger partial charge is 0.370 e. The van der Waals surface area contributed by atoms with E-state index in [4.69, 9.17) is 11.1 Å². The Labute approximate surface area is 209 Å². The minimum absolute atomic E-state index is 0. The summed E-state index contributed by atoms with van der Waals surface area (Å²) in [6.45, 7) is 1.48. The number of thiazole rings is 1. The van der Waals surface area contributed by atoms with E-state index in [9.17, 15) is 9.59 Å². The molecule has 1 aromatic heterocycles. The number of halogens is 1. The zero-order valence-electron chi connectivity index (χ0n) is 19.1. The lowest BCUT2D eigenvalue weighted by Gasteiger charge is -2.06. The van der Waals surface area contributed by atoms with Gasteiger partial charge in [0.25, 0.3) is 5.91 Å². The highest BCUT2D eigenvalue weighted by Gasteiger charge is 2.13. The second-order valence-electron chi connectivity index (χ2n) is 7.58. The van der Waals surface area contributed by atoms with Crippen LogP contribution in [0.5, 0.6) is 0 Å². The molecule has 0 aliphatic rings. The van der Waals surface area contributed by atoms with Crippen LogP contribution in [0.15, 0.2) is 48.5 Å². The van der Waals surface area contributed by atoms with E-state index in [-0.39, 0.29) is 30.2 Å². The highest BCUT2D eigenvalue weighted by Crippen LogP contribution is 2.26. The number of rotatable bonds is 9. The van der Waals surface area contributed by atoms with Gasteiger partial charge in [-0.05, 0) is 61.1 Å². The topological polar surface area (TPSA) is 133 Å². The van der Waals surface area contributed by atoms with Gasteiger partial charge in [0, 0.05) is 30.1 Å². The monoisotopic (exact) mass is 500 g/mol. The molecule has 2 amide bonds. The third-order valence-corrected chi connectivity index (χ3v) is 6.10. The van der Waals surface area contributed by atoms with Crippen LogP contribution in [0, 0.1) is 5.41 Å². The number of benzene rings is 2. The molecule has 0 aliphatic heterocycles. The maximum absolute atomic E-state index is 11.7. The maximum Gasteiger partial charge on any atom is 0.251 e. The Bertz CT molecular complexity index is 1130. The van der Waals surface area contributed by atoms with Gasteiger partial charge in [-0.3, -0.25) is 15.0 Å². The summed E-state index contributed by atoms with van der Waals surface area (Å²) >= 11 is 1.51. The van der Waals surface area contributed by atoms with Gasteiger partial charge in [-0.1, -0.05) is 24.3 Å². The van der Waals surface area contributed by atoms with Crippen molar-refractivity contribution in [1.29, 1.82) is 5.41 Å². The Hall–Kier alpha value is -3.43. The van der Waals surface area contributed by atoms with Crippen LogP contribution in [0.4, 0.5) is 10.8 Å². The summed E-state index contributed by atoms with van der Waals surface area (Å²) in [5.74, 6) is -0.333. The molecule has 8 nitrogen and oxygen atoms in total. The lowest BCUT2D eigenvalue weighted by Crippen LogP contribution is -2.20. The Kier molecular flexibility index (Phi) is 10.0. The van der Waals surface area contributed by atoms with Crippen molar-refractivity contribution >= 4 is 52.3 Å². The van der Waals surface area contributed by atoms with E-state index in [0.717, 1.165) is 53.1 Å². The number of aryl methyl sites for hydroxylation is 4. The number of aromatic nitrogens is 1. The zero-order chi connectivity index (χ0) is 23.8. The van der Waals surface area contributed by atoms with E-state index >= 15 is 0 Å². The van der Waals surface area contributed by atoms with Gasteiger partial charge in [-0.25, -0.2) is 4.98 Å². The van der Waals surface area contributed by atoms with Crippen molar-refractivity contribution in [2.75, 3.05) is 17.7 Å². The van der Waals surface area contributed by atoms with Gasteiger partial charge in [0.15, 0.2) is 11.1 Å². The van der Waals surface area contributed by atoms with Crippen molar-refractivity contribution in [2.45, 2.75) is 32.6 Å². The van der Waals surface area contributed by atoms with Gasteiger partial charge >= 0.3 is 0 Å². The molecule has 1 heterocycles. The van der Waals surface area contributed by atoms with Gasteiger partial charge in [0.2, 0.25) is 5.91 Å². The average molecular weight is 501 g/mol. The second-order valence-corrected chi connectivity index (χ2v) is 8.67. The summed E-state index contributed by atoms with van der Waals surface area (Å²) in [6.07, 6.45) is 3.17. The highest BCUT2D eigenvalue weighted by molar-refractivity contribution is 7.15. The second kappa shape index (κ2) is 12.7. The molecule has 3 rings (SSSR count). The number of guanidine groups is 1. The van der Waals surface area contributed by atoms with Gasteiger partial charge in [0.1, 0.15) is 0 Å². The molecule has 0 unspecified atom stereocenters. The number of nitrogens with one attached hydrogen (secondary N) is 4. The summed E-state index contributed by atoms with van der Waals surface area (Å²) in [5, 5.41) is 16.1. The van der Waals surface area contributed by atoms with E-state index in [2.05, 4.69) is 20.9 Å². The van der Waals surface area contributed by atoms with Crippen molar-refractivity contribution in [2.24, 2.45) is 5.73 Å². The van der Waals surface area contributed by atoms with Gasteiger partial charge < -0.3 is 21.7 Å². The number of hydrogen-bond acceptors (Lipinski definition) is 5. The van der Waals surface area contributed by atoms with Crippen LogP contribution in [-0.4, -0.2) is 29.8 Å². The van der Waals surface area contributed by atoms with Crippen LogP contribution in [-0.2, 0) is 30.5 Å². The molecular formula is C24H29ClN6O2S. The third kappa shape index (κ3) is 7.86. The lowest BCUT2D eigenvalue weighted by molar-refractivity contribution is -0.114. The van der Waals surface area contributed by atoms with Gasteiger partial charge in [-0.15, -0.1) is 23.7 Å². The number of anilines is 2. The van der Waals surface area contributed by atoms with Crippen LogP contribution < -0.4 is 21.7 Å². The van der Waals surface area contributed by atoms with E-state index in [1.807, 2.05) is 48.5 Å². The molecule has 2 aromatic carbocycles. The summed E-state index contributed by atoms with van der Waals surface area (Å²) in [6, 6.07) is 15.4. The van der Waals surface area contributed by atoms with Gasteiger partial charge in [-0.2, -0.15) is 0 Å². The van der Waals surface area contributed by atoms with Crippen LogP contribution in [0.2, 0.25) is 0 Å². The SMILES string of the molecule is CNC(=O)c1ccc(CCc2sc(NC(C)=O)nc2CCc2ccc(NC(=N)N)cc2)cc1.Cl. The minimum Gasteiger partial charge on any atom is -0.370 e. The molecule has 0 atom stereocenters. The van der Waals surface area contributed by atoms with Crippen molar-refractivity contribution in [3.8, 4) is 0 Å².